The van der Waals surface area contributed by atoms with E-state index in [-0.39, 0.29) is 18.8 Å². The zero-order chi connectivity index (χ0) is 16.8. The lowest BCUT2D eigenvalue weighted by atomic mass is 10.2. The second-order valence-corrected chi connectivity index (χ2v) is 4.62. The number of hydrogen-bond acceptors (Lipinski definition) is 6. The lowest BCUT2D eigenvalue weighted by molar-refractivity contribution is 0.0449. The second kappa shape index (κ2) is 7.22. The molecule has 120 valence electrons. The van der Waals surface area contributed by atoms with Crippen LogP contribution >= 0.6 is 0 Å². The van der Waals surface area contributed by atoms with E-state index in [0.29, 0.717) is 5.75 Å². The molecule has 6 heteroatoms. The van der Waals surface area contributed by atoms with Gasteiger partial charge in [-0.3, -0.25) is 0 Å². The summed E-state index contributed by atoms with van der Waals surface area (Å²) < 4.78 is 10.4. The van der Waals surface area contributed by atoms with Crippen molar-refractivity contribution in [2.45, 2.75) is 0 Å². The average Bonchev–Trinajstić information content (AvgIpc) is 2.56. The van der Waals surface area contributed by atoms with Crippen molar-refractivity contribution in [3.8, 4) is 23.0 Å². The minimum atomic E-state index is -0.749. The van der Waals surface area contributed by atoms with Gasteiger partial charge >= 0.3 is 5.97 Å². The zero-order valence-electron chi connectivity index (χ0n) is 12.2. The largest absolute Gasteiger partial charge is 0.504 e. The monoisotopic (exact) mass is 316 g/mol. The molecule has 2 rings (SSSR count). The first-order valence-electron chi connectivity index (χ1n) is 6.78. The SMILES string of the molecule is C=Cc1ccc(OCCOC(=O)c2cc(O)c(O)c(O)c2)cc1. The van der Waals surface area contributed by atoms with Crippen LogP contribution in [0.3, 0.4) is 0 Å². The molecule has 0 aliphatic heterocycles. The fourth-order valence-electron chi connectivity index (χ4n) is 1.80. The Bertz CT molecular complexity index is 683. The molecule has 0 spiro atoms. The topological polar surface area (TPSA) is 96.2 Å². The van der Waals surface area contributed by atoms with Crippen molar-refractivity contribution in [2.24, 2.45) is 0 Å². The molecular weight excluding hydrogens is 300 g/mol. The first kappa shape index (κ1) is 16.2. The number of carbonyl (C=O) groups is 1. The fourth-order valence-corrected chi connectivity index (χ4v) is 1.80. The number of esters is 1. The predicted octanol–water partition coefficient (Wildman–Crippen LogP) is 2.68. The number of benzene rings is 2. The molecule has 0 saturated heterocycles. The molecule has 0 heterocycles. The first-order valence-corrected chi connectivity index (χ1v) is 6.78. The van der Waals surface area contributed by atoms with Crippen LogP contribution < -0.4 is 4.74 Å². The quantitative estimate of drug-likeness (QED) is 0.431. The molecule has 0 fully saturated rings. The van der Waals surface area contributed by atoms with Crippen LogP contribution in [0.25, 0.3) is 6.08 Å². The highest BCUT2D eigenvalue weighted by atomic mass is 16.6. The Hall–Kier alpha value is -3.15. The molecule has 3 N–H and O–H groups in total. The van der Waals surface area contributed by atoms with E-state index in [1.165, 1.54) is 0 Å². The standard InChI is InChI=1S/C17H16O6/c1-2-11-3-5-13(6-4-11)22-7-8-23-17(21)12-9-14(18)16(20)15(19)10-12/h2-6,9-10,18-20H,1,7-8H2. The van der Waals surface area contributed by atoms with Gasteiger partial charge in [0, 0.05) is 0 Å². The molecule has 0 aliphatic carbocycles. The van der Waals surface area contributed by atoms with E-state index >= 15 is 0 Å². The molecule has 0 amide bonds. The van der Waals surface area contributed by atoms with Gasteiger partial charge in [0.05, 0.1) is 5.56 Å². The van der Waals surface area contributed by atoms with E-state index in [1.807, 2.05) is 12.1 Å². The van der Waals surface area contributed by atoms with Crippen molar-refractivity contribution in [3.63, 3.8) is 0 Å². The summed E-state index contributed by atoms with van der Waals surface area (Å²) in [6.45, 7) is 3.79. The van der Waals surface area contributed by atoms with Crippen LogP contribution in [0, 0.1) is 0 Å². The van der Waals surface area contributed by atoms with Gasteiger partial charge in [-0.05, 0) is 29.8 Å². The van der Waals surface area contributed by atoms with Gasteiger partial charge in [0.1, 0.15) is 19.0 Å². The molecule has 6 nitrogen and oxygen atoms in total. The van der Waals surface area contributed by atoms with E-state index in [2.05, 4.69) is 6.58 Å². The van der Waals surface area contributed by atoms with Crippen LogP contribution in [-0.4, -0.2) is 34.5 Å². The van der Waals surface area contributed by atoms with Crippen LogP contribution in [-0.2, 0) is 4.74 Å². The Labute approximate surface area is 132 Å². The summed E-state index contributed by atoms with van der Waals surface area (Å²) in [7, 11) is 0. The third kappa shape index (κ3) is 4.16. The van der Waals surface area contributed by atoms with Crippen molar-refractivity contribution in [2.75, 3.05) is 13.2 Å². The van der Waals surface area contributed by atoms with Crippen molar-refractivity contribution in [1.82, 2.24) is 0 Å². The van der Waals surface area contributed by atoms with Crippen LogP contribution in [0.5, 0.6) is 23.0 Å². The normalized spacial score (nSPS) is 10.1. The Morgan fingerprint density at radius 3 is 2.22 bits per heavy atom. The highest BCUT2D eigenvalue weighted by molar-refractivity contribution is 5.91. The minimum Gasteiger partial charge on any atom is -0.504 e. The third-order valence-electron chi connectivity index (χ3n) is 3.01. The second-order valence-electron chi connectivity index (χ2n) is 4.62. The lowest BCUT2D eigenvalue weighted by Gasteiger charge is -2.09. The molecule has 2 aromatic rings. The van der Waals surface area contributed by atoms with Crippen LogP contribution in [0.15, 0.2) is 43.0 Å². The molecule has 0 aromatic heterocycles. The zero-order valence-corrected chi connectivity index (χ0v) is 12.2. The summed E-state index contributed by atoms with van der Waals surface area (Å²) in [6.07, 6.45) is 1.72. The number of phenolic OH excluding ortho intramolecular Hbond substituents is 3. The maximum atomic E-state index is 11.8. The van der Waals surface area contributed by atoms with Gasteiger partial charge in [0.25, 0.3) is 0 Å². The number of aromatic hydroxyl groups is 3. The van der Waals surface area contributed by atoms with Gasteiger partial charge in [-0.25, -0.2) is 4.79 Å². The van der Waals surface area contributed by atoms with Crippen molar-refractivity contribution >= 4 is 12.0 Å². The highest BCUT2D eigenvalue weighted by Gasteiger charge is 2.14. The van der Waals surface area contributed by atoms with Gasteiger partial charge < -0.3 is 24.8 Å². The van der Waals surface area contributed by atoms with E-state index < -0.39 is 23.2 Å². The third-order valence-corrected chi connectivity index (χ3v) is 3.01. The summed E-state index contributed by atoms with van der Waals surface area (Å²) in [4.78, 5) is 11.8. The number of phenols is 3. The number of hydrogen-bond donors (Lipinski definition) is 3. The molecule has 0 saturated carbocycles. The van der Waals surface area contributed by atoms with E-state index in [4.69, 9.17) is 9.47 Å². The van der Waals surface area contributed by atoms with Crippen molar-refractivity contribution in [1.29, 1.82) is 0 Å². The first-order chi connectivity index (χ1) is 11.0. The van der Waals surface area contributed by atoms with Gasteiger partial charge in [-0.2, -0.15) is 0 Å². The molecule has 2 aromatic carbocycles. The molecule has 0 radical (unpaired) electrons. The van der Waals surface area contributed by atoms with Gasteiger partial charge in [-0.15, -0.1) is 0 Å². The molecule has 0 bridgehead atoms. The Balaban J connectivity index is 1.83. The number of rotatable bonds is 6. The van der Waals surface area contributed by atoms with Gasteiger partial charge in [0.2, 0.25) is 0 Å². The van der Waals surface area contributed by atoms with Crippen LogP contribution in [0.2, 0.25) is 0 Å². The minimum absolute atomic E-state index is 0.00948. The number of carbonyl (C=O) groups excluding carboxylic acids is 1. The van der Waals surface area contributed by atoms with Gasteiger partial charge in [-0.1, -0.05) is 24.8 Å². The Morgan fingerprint density at radius 1 is 1.04 bits per heavy atom. The maximum Gasteiger partial charge on any atom is 0.338 e. The summed E-state index contributed by atoms with van der Waals surface area (Å²) >= 11 is 0. The van der Waals surface area contributed by atoms with Crippen LogP contribution in [0.4, 0.5) is 0 Å². The maximum absolute atomic E-state index is 11.8. The average molecular weight is 316 g/mol. The molecule has 0 atom stereocenters. The molecule has 23 heavy (non-hydrogen) atoms. The summed E-state index contributed by atoms with van der Waals surface area (Å²) in [5.74, 6) is -2.01. The molecular formula is C17H16O6. The van der Waals surface area contributed by atoms with Crippen molar-refractivity contribution < 1.29 is 29.6 Å². The van der Waals surface area contributed by atoms with Crippen LogP contribution in [0.1, 0.15) is 15.9 Å². The molecule has 0 unspecified atom stereocenters. The highest BCUT2D eigenvalue weighted by Crippen LogP contribution is 2.35. The van der Waals surface area contributed by atoms with Crippen molar-refractivity contribution in [3.05, 3.63) is 54.1 Å². The van der Waals surface area contributed by atoms with Gasteiger partial charge in [0.15, 0.2) is 17.2 Å². The summed E-state index contributed by atoms with van der Waals surface area (Å²) in [5.41, 5.74) is 0.892. The van der Waals surface area contributed by atoms with E-state index in [0.717, 1.165) is 17.7 Å². The fraction of sp³-hybridized carbons (Fsp3) is 0.118. The Morgan fingerprint density at radius 2 is 1.65 bits per heavy atom. The lowest BCUT2D eigenvalue weighted by Crippen LogP contribution is -2.12. The Kier molecular flexibility index (Phi) is 5.09. The van der Waals surface area contributed by atoms with E-state index in [1.54, 1.807) is 18.2 Å². The summed E-state index contributed by atoms with van der Waals surface area (Å²) in [6, 6.07) is 9.24. The number of ether oxygens (including phenoxy) is 2. The molecule has 0 aliphatic rings. The van der Waals surface area contributed by atoms with E-state index in [9.17, 15) is 20.1 Å². The predicted molar refractivity (Wildman–Crippen MR) is 83.7 cm³/mol. The smallest absolute Gasteiger partial charge is 0.338 e. The summed E-state index contributed by atoms with van der Waals surface area (Å²) in [5, 5.41) is 27.9.